The zero-order valence-corrected chi connectivity index (χ0v) is 9.12. The molecule has 1 aromatic carbocycles. The lowest BCUT2D eigenvalue weighted by atomic mass is 10.2. The second kappa shape index (κ2) is 4.32. The number of rotatable bonds is 2. The van der Waals surface area contributed by atoms with Crippen LogP contribution in [-0.4, -0.2) is 9.97 Å². The van der Waals surface area contributed by atoms with Crippen LogP contribution in [0, 0.1) is 6.92 Å². The summed E-state index contributed by atoms with van der Waals surface area (Å²) in [5.41, 5.74) is 3.00. The molecular weight excluding hydrogens is 208 g/mol. The second-order valence-corrected chi connectivity index (χ2v) is 3.67. The molecule has 0 aliphatic heterocycles. The predicted molar refractivity (Wildman–Crippen MR) is 63.7 cm³/mol. The Kier molecular flexibility index (Phi) is 2.88. The third-order valence-corrected chi connectivity index (χ3v) is 2.54. The van der Waals surface area contributed by atoms with E-state index in [0.717, 1.165) is 22.0 Å². The van der Waals surface area contributed by atoms with Crippen molar-refractivity contribution in [1.29, 1.82) is 0 Å². The number of nitrogens with one attached hydrogen (secondary N) is 1. The van der Waals surface area contributed by atoms with Crippen LogP contribution in [-0.2, 0) is 0 Å². The molecule has 2 rings (SSSR count). The van der Waals surface area contributed by atoms with Gasteiger partial charge in [0.1, 0.15) is 0 Å². The first kappa shape index (κ1) is 9.99. The fraction of sp³-hybridized carbons (Fsp3) is 0.0833. The molecule has 0 saturated heterocycles. The SMILES string of the molecule is Cc1[nH]cnc1C=Cc1ccccc1Cl. The molecule has 3 heteroatoms. The van der Waals surface area contributed by atoms with Crippen LogP contribution >= 0.6 is 11.6 Å². The number of H-pyrrole nitrogens is 1. The topological polar surface area (TPSA) is 28.7 Å². The summed E-state index contributed by atoms with van der Waals surface area (Å²) in [5.74, 6) is 0. The highest BCUT2D eigenvalue weighted by Gasteiger charge is 1.96. The number of halogens is 1. The largest absolute Gasteiger partial charge is 0.348 e. The molecule has 0 bridgehead atoms. The minimum atomic E-state index is 0.752. The van der Waals surface area contributed by atoms with Crippen molar-refractivity contribution in [2.45, 2.75) is 6.92 Å². The first-order valence-corrected chi connectivity index (χ1v) is 5.08. The Morgan fingerprint density at radius 1 is 1.27 bits per heavy atom. The third kappa shape index (κ3) is 2.28. The van der Waals surface area contributed by atoms with Gasteiger partial charge >= 0.3 is 0 Å². The summed E-state index contributed by atoms with van der Waals surface area (Å²) in [7, 11) is 0. The summed E-state index contributed by atoms with van der Waals surface area (Å²) in [6.07, 6.45) is 5.60. The van der Waals surface area contributed by atoms with E-state index in [4.69, 9.17) is 11.6 Å². The van der Waals surface area contributed by atoms with Gasteiger partial charge in [0.25, 0.3) is 0 Å². The van der Waals surface area contributed by atoms with Crippen LogP contribution in [0.15, 0.2) is 30.6 Å². The van der Waals surface area contributed by atoms with Crippen LogP contribution in [0.4, 0.5) is 0 Å². The lowest BCUT2D eigenvalue weighted by molar-refractivity contribution is 1.25. The van der Waals surface area contributed by atoms with Crippen LogP contribution in [0.25, 0.3) is 12.2 Å². The van der Waals surface area contributed by atoms with Gasteiger partial charge in [-0.3, -0.25) is 0 Å². The highest BCUT2D eigenvalue weighted by Crippen LogP contribution is 2.17. The van der Waals surface area contributed by atoms with Crippen LogP contribution < -0.4 is 0 Å². The van der Waals surface area contributed by atoms with Gasteiger partial charge in [0.2, 0.25) is 0 Å². The molecule has 0 radical (unpaired) electrons. The molecule has 0 aliphatic rings. The van der Waals surface area contributed by atoms with Crippen molar-refractivity contribution in [3.63, 3.8) is 0 Å². The Balaban J connectivity index is 2.26. The first-order valence-electron chi connectivity index (χ1n) is 4.70. The zero-order valence-electron chi connectivity index (χ0n) is 8.37. The van der Waals surface area contributed by atoms with E-state index >= 15 is 0 Å². The van der Waals surface area contributed by atoms with Crippen molar-refractivity contribution in [3.05, 3.63) is 52.6 Å². The molecule has 0 fully saturated rings. The van der Waals surface area contributed by atoms with Crippen molar-refractivity contribution in [3.8, 4) is 0 Å². The number of aromatic nitrogens is 2. The van der Waals surface area contributed by atoms with Crippen molar-refractivity contribution in [1.82, 2.24) is 9.97 Å². The van der Waals surface area contributed by atoms with Gasteiger partial charge in [-0.1, -0.05) is 35.9 Å². The van der Waals surface area contributed by atoms with E-state index in [1.54, 1.807) is 6.33 Å². The van der Waals surface area contributed by atoms with Crippen LogP contribution in [0.1, 0.15) is 17.0 Å². The Labute approximate surface area is 93.6 Å². The van der Waals surface area contributed by atoms with E-state index in [2.05, 4.69) is 9.97 Å². The molecule has 0 saturated carbocycles. The smallest absolute Gasteiger partial charge is 0.0929 e. The number of hydrogen-bond acceptors (Lipinski definition) is 1. The zero-order chi connectivity index (χ0) is 10.7. The quantitative estimate of drug-likeness (QED) is 0.821. The lowest BCUT2D eigenvalue weighted by Crippen LogP contribution is -1.77. The minimum Gasteiger partial charge on any atom is -0.348 e. The maximum Gasteiger partial charge on any atom is 0.0929 e. The Morgan fingerprint density at radius 2 is 2.07 bits per heavy atom. The van der Waals surface area contributed by atoms with Crippen LogP contribution in [0.2, 0.25) is 5.02 Å². The van der Waals surface area contributed by atoms with Gasteiger partial charge in [0.05, 0.1) is 12.0 Å². The summed E-state index contributed by atoms with van der Waals surface area (Å²) in [4.78, 5) is 7.20. The van der Waals surface area contributed by atoms with Gasteiger partial charge in [0, 0.05) is 10.7 Å². The van der Waals surface area contributed by atoms with Crippen LogP contribution in [0.5, 0.6) is 0 Å². The minimum absolute atomic E-state index is 0.752. The fourth-order valence-corrected chi connectivity index (χ4v) is 1.52. The number of imidazole rings is 1. The highest BCUT2D eigenvalue weighted by molar-refractivity contribution is 6.32. The molecule has 1 heterocycles. The number of benzene rings is 1. The predicted octanol–water partition coefficient (Wildman–Crippen LogP) is 3.54. The molecule has 76 valence electrons. The van der Waals surface area contributed by atoms with Crippen molar-refractivity contribution >= 4 is 23.8 Å². The van der Waals surface area contributed by atoms with Gasteiger partial charge in [0.15, 0.2) is 0 Å². The highest BCUT2D eigenvalue weighted by atomic mass is 35.5. The monoisotopic (exact) mass is 218 g/mol. The maximum absolute atomic E-state index is 6.02. The molecule has 0 amide bonds. The fourth-order valence-electron chi connectivity index (χ4n) is 1.32. The average Bonchev–Trinajstić information content (AvgIpc) is 2.63. The van der Waals surface area contributed by atoms with Crippen molar-refractivity contribution < 1.29 is 0 Å². The standard InChI is InChI=1S/C12H11ClN2/c1-9-12(15-8-14-9)7-6-10-4-2-3-5-11(10)13/h2-8H,1H3,(H,14,15). The molecule has 0 atom stereocenters. The summed E-state index contributed by atoms with van der Waals surface area (Å²) in [5, 5.41) is 0.752. The van der Waals surface area contributed by atoms with Gasteiger partial charge in [-0.2, -0.15) is 0 Å². The van der Waals surface area contributed by atoms with Gasteiger partial charge in [-0.25, -0.2) is 4.98 Å². The maximum atomic E-state index is 6.02. The molecule has 2 aromatic rings. The van der Waals surface area contributed by atoms with Gasteiger partial charge < -0.3 is 4.98 Å². The first-order chi connectivity index (χ1) is 7.27. The van der Waals surface area contributed by atoms with Gasteiger partial charge in [-0.15, -0.1) is 0 Å². The van der Waals surface area contributed by atoms with E-state index in [-0.39, 0.29) is 0 Å². The number of hydrogen-bond donors (Lipinski definition) is 1. The van der Waals surface area contributed by atoms with E-state index < -0.39 is 0 Å². The van der Waals surface area contributed by atoms with Crippen molar-refractivity contribution in [2.24, 2.45) is 0 Å². The number of aryl methyl sites for hydroxylation is 1. The summed E-state index contributed by atoms with van der Waals surface area (Å²) >= 11 is 6.02. The van der Waals surface area contributed by atoms with E-state index in [9.17, 15) is 0 Å². The summed E-state index contributed by atoms with van der Waals surface area (Å²) < 4.78 is 0. The normalized spacial score (nSPS) is 11.1. The number of aromatic amines is 1. The van der Waals surface area contributed by atoms with Crippen LogP contribution in [0.3, 0.4) is 0 Å². The third-order valence-electron chi connectivity index (χ3n) is 2.19. The average molecular weight is 219 g/mol. The lowest BCUT2D eigenvalue weighted by Gasteiger charge is -1.95. The second-order valence-electron chi connectivity index (χ2n) is 3.27. The van der Waals surface area contributed by atoms with E-state index in [1.165, 1.54) is 0 Å². The summed E-state index contributed by atoms with van der Waals surface area (Å²) in [6, 6.07) is 7.72. The molecule has 0 aliphatic carbocycles. The van der Waals surface area contributed by atoms with Crippen molar-refractivity contribution in [2.75, 3.05) is 0 Å². The molecule has 1 N–H and O–H groups in total. The molecule has 1 aromatic heterocycles. The summed E-state index contributed by atoms with van der Waals surface area (Å²) in [6.45, 7) is 1.99. The molecule has 2 nitrogen and oxygen atoms in total. The molecular formula is C12H11ClN2. The Morgan fingerprint density at radius 3 is 2.73 bits per heavy atom. The van der Waals surface area contributed by atoms with Gasteiger partial charge in [-0.05, 0) is 24.6 Å². The van der Waals surface area contributed by atoms with E-state index in [1.807, 2.05) is 43.3 Å². The molecule has 15 heavy (non-hydrogen) atoms. The molecule has 0 unspecified atom stereocenters. The number of nitrogens with zero attached hydrogens (tertiary/aromatic N) is 1. The Bertz CT molecular complexity index is 486. The molecule has 0 spiro atoms. The Hall–Kier alpha value is -1.54. The van der Waals surface area contributed by atoms with E-state index in [0.29, 0.717) is 0 Å².